The Balaban J connectivity index is 0.000000543. The van der Waals surface area contributed by atoms with Crippen LogP contribution >= 0.6 is 25.1 Å². The van der Waals surface area contributed by atoms with Crippen molar-refractivity contribution in [3.63, 3.8) is 0 Å². The number of Topliss-reactive ketones (excluding diaryl/α,β-unsaturated/α-hetero) is 3. The van der Waals surface area contributed by atoms with Gasteiger partial charge in [0.15, 0.2) is 25.7 Å². The summed E-state index contributed by atoms with van der Waals surface area (Å²) in [5, 5.41) is 9.88. The van der Waals surface area contributed by atoms with Crippen LogP contribution in [0.25, 0.3) is 0 Å². The molecule has 10 nitrogen and oxygen atoms in total. The molecule has 0 spiro atoms. The van der Waals surface area contributed by atoms with Gasteiger partial charge >= 0.3 is 0 Å². The van der Waals surface area contributed by atoms with Gasteiger partial charge in [0.1, 0.15) is 5.78 Å². The SMILES string of the molecule is CCC(C(C)=O)C(O)(C(C)=O)C(C)=O.CCOn1pn[pH]n(OCC)p1OCC. The minimum Gasteiger partial charge on any atom is -0.374 e. The van der Waals surface area contributed by atoms with E-state index in [0.717, 1.165) is 22.4 Å². The molecule has 1 aromatic heterocycles. The van der Waals surface area contributed by atoms with E-state index in [9.17, 15) is 19.5 Å². The summed E-state index contributed by atoms with van der Waals surface area (Å²) >= 11 is 0. The Kier molecular flexibility index (Phi) is 13.8. The minimum absolute atomic E-state index is 0.269. The number of hydrogen-bond donors (Lipinski definition) is 1. The molecule has 1 N–H and O–H groups in total. The molecule has 0 aliphatic carbocycles. The van der Waals surface area contributed by atoms with Gasteiger partial charge in [0.2, 0.25) is 8.08 Å². The molecule has 0 aliphatic rings. The van der Waals surface area contributed by atoms with Gasteiger partial charge in [0.25, 0.3) is 0 Å². The highest BCUT2D eigenvalue weighted by Crippen LogP contribution is 2.28. The second-order valence-electron chi connectivity index (χ2n) is 5.77. The van der Waals surface area contributed by atoms with E-state index in [0.29, 0.717) is 19.8 Å². The normalized spacial score (nSPS) is 13.2. The lowest BCUT2D eigenvalue weighted by Crippen LogP contribution is -2.52. The van der Waals surface area contributed by atoms with Crippen molar-refractivity contribution in [3.8, 4) is 0 Å². The summed E-state index contributed by atoms with van der Waals surface area (Å²) in [6.45, 7) is 12.9. The summed E-state index contributed by atoms with van der Waals surface area (Å²) in [5.41, 5.74) is -2.14. The van der Waals surface area contributed by atoms with Crippen molar-refractivity contribution < 1.29 is 33.7 Å². The Hall–Kier alpha value is -0.850. The molecule has 0 saturated carbocycles. The number of hydrogen-bond acceptors (Lipinski definition) is 8. The van der Waals surface area contributed by atoms with Crippen molar-refractivity contribution in [1.29, 1.82) is 0 Å². The van der Waals surface area contributed by atoms with Crippen LogP contribution in [0, 0.1) is 5.92 Å². The van der Waals surface area contributed by atoms with Crippen molar-refractivity contribution in [2.75, 3.05) is 19.8 Å². The van der Waals surface area contributed by atoms with Crippen LogP contribution in [0.4, 0.5) is 0 Å². The smallest absolute Gasteiger partial charge is 0.236 e. The number of aliphatic hydroxyl groups is 1. The fourth-order valence-electron chi connectivity index (χ4n) is 2.46. The second-order valence-corrected chi connectivity index (χ2v) is 9.90. The first-order chi connectivity index (χ1) is 13.6. The molecule has 1 heterocycles. The van der Waals surface area contributed by atoms with E-state index >= 15 is 0 Å². The average molecular weight is 471 g/mol. The lowest BCUT2D eigenvalue weighted by Gasteiger charge is -2.29. The first-order valence-electron chi connectivity index (χ1n) is 9.31. The summed E-state index contributed by atoms with van der Waals surface area (Å²) in [6, 6.07) is 0. The van der Waals surface area contributed by atoms with Gasteiger partial charge in [-0.25, -0.2) is 0 Å². The first kappa shape index (κ1) is 28.1. The summed E-state index contributed by atoms with van der Waals surface area (Å²) in [4.78, 5) is 44.4. The fraction of sp³-hybridized carbons (Fsp3) is 0.812. The Labute approximate surface area is 175 Å². The molecule has 168 valence electrons. The van der Waals surface area contributed by atoms with Crippen LogP contribution in [0.1, 0.15) is 54.9 Å². The summed E-state index contributed by atoms with van der Waals surface area (Å²) in [6.07, 6.45) is 0.269. The Morgan fingerprint density at radius 1 is 1.07 bits per heavy atom. The van der Waals surface area contributed by atoms with Gasteiger partial charge in [0, 0.05) is 0 Å². The molecule has 29 heavy (non-hydrogen) atoms. The molecule has 0 radical (unpaired) electrons. The molecule has 0 amide bonds. The third kappa shape index (κ3) is 8.06. The van der Waals surface area contributed by atoms with E-state index in [1.54, 1.807) is 15.4 Å². The Morgan fingerprint density at radius 2 is 1.62 bits per heavy atom. The molecule has 1 aromatic rings. The number of carbonyl (C=O) groups is 3. The fourth-order valence-corrected chi connectivity index (χ4v) is 6.91. The highest BCUT2D eigenvalue weighted by molar-refractivity contribution is 7.51. The Bertz CT molecular complexity index is 668. The van der Waals surface area contributed by atoms with Crippen LogP contribution in [0.2, 0.25) is 0 Å². The highest BCUT2D eigenvalue weighted by atomic mass is 31.2. The molecular formula is C16H32N3O7P3. The van der Waals surface area contributed by atoms with Crippen molar-refractivity contribution in [2.45, 2.75) is 60.5 Å². The maximum absolute atomic E-state index is 11.2. The van der Waals surface area contributed by atoms with Gasteiger partial charge in [-0.05, 0) is 48.0 Å². The van der Waals surface area contributed by atoms with Crippen LogP contribution in [-0.4, -0.2) is 60.9 Å². The van der Waals surface area contributed by atoms with Crippen LogP contribution < -0.4 is 14.2 Å². The standard InChI is InChI=1S/C10H16O4.C6H16N3O3P3/c1-5-9(6(2)11)10(14,7(3)12)8(4)13;1-4-10-8-13-7-14-9(11-5-2)15(8)12-6-3/h9,14H,5H2,1-4H3;13H,4-6H2,1-3H3. The number of carbonyl (C=O) groups excluding carboxylic acids is 3. The van der Waals surface area contributed by atoms with Crippen LogP contribution in [-0.2, 0) is 14.4 Å². The number of aromatic nitrogens is 3. The average Bonchev–Trinajstić information content (AvgIpc) is 2.65. The molecular weight excluding hydrogens is 439 g/mol. The number of nitrogens with zero attached hydrogens (tertiary/aromatic N) is 3. The van der Waals surface area contributed by atoms with E-state index in [1.165, 1.54) is 6.92 Å². The van der Waals surface area contributed by atoms with E-state index in [4.69, 9.17) is 14.2 Å². The van der Waals surface area contributed by atoms with Crippen molar-refractivity contribution in [3.05, 3.63) is 0 Å². The van der Waals surface area contributed by atoms with Crippen LogP contribution in [0.5, 0.6) is 0 Å². The maximum atomic E-state index is 11.2. The third-order valence-electron chi connectivity index (χ3n) is 3.77. The summed E-state index contributed by atoms with van der Waals surface area (Å²) in [7, 11) is 0.108. The molecule has 3 unspecified atom stereocenters. The van der Waals surface area contributed by atoms with E-state index in [-0.39, 0.29) is 20.7 Å². The molecule has 13 heteroatoms. The van der Waals surface area contributed by atoms with E-state index in [2.05, 4.69) is 4.51 Å². The predicted molar refractivity (Wildman–Crippen MR) is 115 cm³/mol. The summed E-state index contributed by atoms with van der Waals surface area (Å²) < 4.78 is 13.4. The highest BCUT2D eigenvalue weighted by Gasteiger charge is 2.47. The van der Waals surface area contributed by atoms with Crippen LogP contribution in [0.15, 0.2) is 0 Å². The predicted octanol–water partition coefficient (Wildman–Crippen LogP) is 2.26. The second kappa shape index (κ2) is 14.2. The van der Waals surface area contributed by atoms with Gasteiger partial charge in [-0.3, -0.25) is 24.1 Å². The van der Waals surface area contributed by atoms with Crippen LogP contribution in [0.3, 0.4) is 0 Å². The molecule has 0 fully saturated rings. The molecule has 1 rings (SSSR count). The molecule has 0 saturated heterocycles. The van der Waals surface area contributed by atoms with E-state index in [1.807, 2.05) is 20.8 Å². The maximum Gasteiger partial charge on any atom is 0.236 e. The quantitative estimate of drug-likeness (QED) is 0.488. The topological polar surface area (TPSA) is 122 Å². The zero-order chi connectivity index (χ0) is 22.6. The van der Waals surface area contributed by atoms with E-state index < -0.39 is 31.2 Å². The third-order valence-corrected chi connectivity index (χ3v) is 7.86. The lowest BCUT2D eigenvalue weighted by atomic mass is 9.77. The van der Waals surface area contributed by atoms with Crippen molar-refractivity contribution in [1.82, 2.24) is 13.0 Å². The van der Waals surface area contributed by atoms with Gasteiger partial charge in [-0.1, -0.05) is 6.92 Å². The first-order valence-corrected chi connectivity index (χ1v) is 12.2. The van der Waals surface area contributed by atoms with Gasteiger partial charge in [-0.2, -0.15) is 4.51 Å². The number of ketones is 3. The lowest BCUT2D eigenvalue weighted by molar-refractivity contribution is -0.158. The Morgan fingerprint density at radius 3 is 1.97 bits per heavy atom. The molecule has 0 bridgehead atoms. The zero-order valence-corrected chi connectivity index (χ0v) is 20.8. The minimum atomic E-state index is -2.14. The summed E-state index contributed by atoms with van der Waals surface area (Å²) in [5.74, 6) is -2.63. The van der Waals surface area contributed by atoms with Crippen molar-refractivity contribution >= 4 is 42.4 Å². The molecule has 3 atom stereocenters. The monoisotopic (exact) mass is 471 g/mol. The largest absolute Gasteiger partial charge is 0.374 e. The molecule has 0 aromatic carbocycles. The van der Waals surface area contributed by atoms with Gasteiger partial charge < -0.3 is 9.63 Å². The van der Waals surface area contributed by atoms with Gasteiger partial charge in [0.05, 0.1) is 34.2 Å². The van der Waals surface area contributed by atoms with Gasteiger partial charge in [-0.15, -0.1) is 8.51 Å². The number of rotatable bonds is 11. The zero-order valence-electron chi connectivity index (χ0n) is 18.0. The van der Waals surface area contributed by atoms with Crippen molar-refractivity contribution in [2.24, 2.45) is 5.92 Å². The molecule has 0 aliphatic heterocycles.